The highest BCUT2D eigenvalue weighted by Crippen LogP contribution is 2.21. The fourth-order valence-corrected chi connectivity index (χ4v) is 4.07. The number of aromatic nitrogens is 1. The maximum absolute atomic E-state index is 12.8. The van der Waals surface area contributed by atoms with Crippen molar-refractivity contribution >= 4 is 23.3 Å². The van der Waals surface area contributed by atoms with E-state index in [1.807, 2.05) is 26.0 Å². The minimum atomic E-state index is -0.681. The number of nitrogens with zero attached hydrogens (tertiary/aromatic N) is 2. The first-order valence-electron chi connectivity index (χ1n) is 10.8. The molecule has 8 heteroatoms. The Kier molecular flexibility index (Phi) is 6.41. The lowest BCUT2D eigenvalue weighted by atomic mass is 10.1. The summed E-state index contributed by atoms with van der Waals surface area (Å²) >= 11 is 0. The van der Waals surface area contributed by atoms with Crippen LogP contribution >= 0.6 is 0 Å². The van der Waals surface area contributed by atoms with E-state index in [0.717, 1.165) is 30.8 Å². The minimum absolute atomic E-state index is 0.0602. The molecule has 0 bridgehead atoms. The van der Waals surface area contributed by atoms with Crippen molar-refractivity contribution in [2.75, 3.05) is 18.2 Å². The third-order valence-electron chi connectivity index (χ3n) is 5.82. The zero-order valence-electron chi connectivity index (χ0n) is 18.3. The number of ether oxygens (including phenoxy) is 2. The quantitative estimate of drug-likeness (QED) is 0.529. The summed E-state index contributed by atoms with van der Waals surface area (Å²) in [7, 11) is 0. The highest BCUT2D eigenvalue weighted by Gasteiger charge is 2.26. The van der Waals surface area contributed by atoms with Crippen LogP contribution in [0.25, 0.3) is 0 Å². The number of hydrazine groups is 1. The molecule has 1 amide bonds. The highest BCUT2D eigenvalue weighted by atomic mass is 16.5. The van der Waals surface area contributed by atoms with Gasteiger partial charge in [0.2, 0.25) is 11.7 Å². The molecule has 0 saturated carbocycles. The number of carbonyl (C=O) groups excluding carboxylic acids is 3. The molecular formula is C24H27N3O5. The van der Waals surface area contributed by atoms with Gasteiger partial charge in [-0.15, -0.1) is 0 Å². The summed E-state index contributed by atoms with van der Waals surface area (Å²) in [5, 5.41) is 1.30. The summed E-state index contributed by atoms with van der Waals surface area (Å²) < 4.78 is 13.1. The van der Waals surface area contributed by atoms with Gasteiger partial charge in [-0.2, -0.15) is 0 Å². The number of aryl methyl sites for hydroxylation is 1. The number of ketones is 1. The van der Waals surface area contributed by atoms with Gasteiger partial charge in [0.25, 0.3) is 0 Å². The van der Waals surface area contributed by atoms with E-state index in [2.05, 4.69) is 9.99 Å². The van der Waals surface area contributed by atoms with Crippen LogP contribution in [0.3, 0.4) is 0 Å². The van der Waals surface area contributed by atoms with Crippen molar-refractivity contribution in [3.63, 3.8) is 0 Å². The molecule has 1 saturated heterocycles. The Morgan fingerprint density at radius 2 is 2.00 bits per heavy atom. The molecule has 1 atom stereocenters. The largest absolute Gasteiger partial charge is 0.453 e. The van der Waals surface area contributed by atoms with Crippen molar-refractivity contribution in [2.45, 2.75) is 45.8 Å². The topological polar surface area (TPSA) is 89.9 Å². The van der Waals surface area contributed by atoms with Crippen LogP contribution in [-0.4, -0.2) is 41.5 Å². The van der Waals surface area contributed by atoms with Crippen LogP contribution < -0.4 is 10.4 Å². The van der Waals surface area contributed by atoms with Crippen molar-refractivity contribution in [3.05, 3.63) is 65.1 Å². The normalized spacial score (nSPS) is 18.3. The minimum Gasteiger partial charge on any atom is -0.453 e. The molecule has 32 heavy (non-hydrogen) atoms. The number of para-hydroxylation sites is 1. The average Bonchev–Trinajstić information content (AvgIpc) is 3.42. The molecule has 1 aromatic heterocycles. The smallest absolute Gasteiger partial charge is 0.356 e. The molecule has 1 fully saturated rings. The molecule has 1 unspecified atom stereocenters. The lowest BCUT2D eigenvalue weighted by Gasteiger charge is -2.28. The van der Waals surface area contributed by atoms with E-state index >= 15 is 0 Å². The Labute approximate surface area is 186 Å². The Bertz CT molecular complexity index is 1050. The number of carbonyl (C=O) groups is 3. The van der Waals surface area contributed by atoms with Crippen molar-refractivity contribution < 1.29 is 23.9 Å². The van der Waals surface area contributed by atoms with Gasteiger partial charge in [-0.3, -0.25) is 15.0 Å². The average molecular weight is 437 g/mol. The molecule has 0 spiro atoms. The first kappa shape index (κ1) is 21.8. The standard InChI is InChI=1S/C24H27N3O5/c1-16-13-20(17(2)26(16)14-19-9-6-12-31-19)22(28)15-32-24(30)21-10-11-23(29)27(25-21)18-7-4-3-5-8-18/h3-5,7-8,10,13,19,25H,6,9,11-12,14-15H2,1-2H3. The van der Waals surface area contributed by atoms with Gasteiger partial charge in [0.05, 0.1) is 11.8 Å². The maximum atomic E-state index is 12.8. The van der Waals surface area contributed by atoms with E-state index in [4.69, 9.17) is 9.47 Å². The summed E-state index contributed by atoms with van der Waals surface area (Å²) in [6.07, 6.45) is 3.78. The predicted octanol–water partition coefficient (Wildman–Crippen LogP) is 2.84. The van der Waals surface area contributed by atoms with Gasteiger partial charge in [0.1, 0.15) is 5.70 Å². The summed E-state index contributed by atoms with van der Waals surface area (Å²) in [6, 6.07) is 10.8. The van der Waals surface area contributed by atoms with Gasteiger partial charge in [-0.05, 0) is 51.0 Å². The molecule has 8 nitrogen and oxygen atoms in total. The summed E-state index contributed by atoms with van der Waals surface area (Å²) in [4.78, 5) is 37.5. The second-order valence-corrected chi connectivity index (χ2v) is 8.03. The predicted molar refractivity (Wildman–Crippen MR) is 118 cm³/mol. The number of amides is 1. The van der Waals surface area contributed by atoms with Crippen molar-refractivity contribution in [1.82, 2.24) is 9.99 Å². The Morgan fingerprint density at radius 1 is 1.22 bits per heavy atom. The van der Waals surface area contributed by atoms with Gasteiger partial charge in [0, 0.05) is 36.5 Å². The van der Waals surface area contributed by atoms with Crippen LogP contribution in [0.2, 0.25) is 0 Å². The number of benzene rings is 1. The van der Waals surface area contributed by atoms with E-state index in [0.29, 0.717) is 17.8 Å². The van der Waals surface area contributed by atoms with E-state index in [1.54, 1.807) is 24.3 Å². The number of rotatable bonds is 7. The second kappa shape index (κ2) is 9.40. The third-order valence-corrected chi connectivity index (χ3v) is 5.82. The van der Waals surface area contributed by atoms with Crippen LogP contribution in [0.4, 0.5) is 5.69 Å². The number of nitrogens with one attached hydrogen (secondary N) is 1. The van der Waals surface area contributed by atoms with Gasteiger partial charge in [-0.1, -0.05) is 18.2 Å². The Hall–Kier alpha value is -3.39. The van der Waals surface area contributed by atoms with Crippen LogP contribution in [-0.2, 0) is 25.6 Å². The fourth-order valence-electron chi connectivity index (χ4n) is 4.07. The summed E-state index contributed by atoms with van der Waals surface area (Å²) in [6.45, 7) is 4.97. The number of esters is 1. The van der Waals surface area contributed by atoms with Gasteiger partial charge in [-0.25, -0.2) is 9.80 Å². The van der Waals surface area contributed by atoms with Crippen LogP contribution in [0, 0.1) is 13.8 Å². The van der Waals surface area contributed by atoms with E-state index in [1.165, 1.54) is 11.1 Å². The van der Waals surface area contributed by atoms with Gasteiger partial charge >= 0.3 is 5.97 Å². The van der Waals surface area contributed by atoms with Gasteiger partial charge < -0.3 is 14.0 Å². The van der Waals surface area contributed by atoms with Crippen molar-refractivity contribution in [1.29, 1.82) is 0 Å². The SMILES string of the molecule is Cc1cc(C(=O)COC(=O)C2=CCC(=O)N(c3ccccc3)N2)c(C)n1CC1CCCO1. The molecule has 3 heterocycles. The maximum Gasteiger partial charge on any atom is 0.356 e. The first-order valence-corrected chi connectivity index (χ1v) is 10.8. The monoisotopic (exact) mass is 437 g/mol. The third kappa shape index (κ3) is 4.60. The second-order valence-electron chi connectivity index (χ2n) is 8.03. The molecular weight excluding hydrogens is 410 g/mol. The van der Waals surface area contributed by atoms with E-state index in [9.17, 15) is 14.4 Å². The van der Waals surface area contributed by atoms with Crippen LogP contribution in [0.1, 0.15) is 41.0 Å². The number of anilines is 1. The summed E-state index contributed by atoms with van der Waals surface area (Å²) in [5.41, 5.74) is 5.89. The molecule has 1 aromatic carbocycles. The van der Waals surface area contributed by atoms with Crippen molar-refractivity contribution in [3.8, 4) is 0 Å². The first-order chi connectivity index (χ1) is 15.4. The molecule has 1 N–H and O–H groups in total. The zero-order chi connectivity index (χ0) is 22.7. The molecule has 2 aromatic rings. The molecule has 2 aliphatic heterocycles. The Morgan fingerprint density at radius 3 is 2.72 bits per heavy atom. The molecule has 0 radical (unpaired) electrons. The Balaban J connectivity index is 1.38. The van der Waals surface area contributed by atoms with Gasteiger partial charge in [0.15, 0.2) is 6.61 Å². The molecule has 168 valence electrons. The lowest BCUT2D eigenvalue weighted by Crippen LogP contribution is -2.47. The molecule has 2 aliphatic rings. The number of hydrogen-bond donors (Lipinski definition) is 1. The highest BCUT2D eigenvalue weighted by molar-refractivity contribution is 6.02. The van der Waals surface area contributed by atoms with E-state index < -0.39 is 5.97 Å². The lowest BCUT2D eigenvalue weighted by molar-refractivity contribution is -0.138. The van der Waals surface area contributed by atoms with E-state index in [-0.39, 0.29) is 36.5 Å². The summed E-state index contributed by atoms with van der Waals surface area (Å²) in [5.74, 6) is -1.14. The van der Waals surface area contributed by atoms with Crippen LogP contribution in [0.5, 0.6) is 0 Å². The molecule has 0 aliphatic carbocycles. The van der Waals surface area contributed by atoms with Crippen molar-refractivity contribution in [2.24, 2.45) is 0 Å². The van der Waals surface area contributed by atoms with Crippen LogP contribution in [0.15, 0.2) is 48.2 Å². The number of Topliss-reactive ketones (excluding diaryl/α,β-unsaturated/α-hetero) is 1. The fraction of sp³-hybridized carbons (Fsp3) is 0.375. The molecule has 4 rings (SSSR count). The number of hydrogen-bond acceptors (Lipinski definition) is 6. The zero-order valence-corrected chi connectivity index (χ0v) is 18.3.